The largest absolute Gasteiger partial charge is 0.416 e. The van der Waals surface area contributed by atoms with E-state index < -0.39 is 25.1 Å². The zero-order valence-corrected chi connectivity index (χ0v) is 14.2. The van der Waals surface area contributed by atoms with Crippen molar-refractivity contribution in [1.82, 2.24) is 0 Å². The highest BCUT2D eigenvalue weighted by atomic mass is 31.2. The van der Waals surface area contributed by atoms with Crippen molar-refractivity contribution in [3.8, 4) is 0 Å². The monoisotopic (exact) mass is 381 g/mol. The molecule has 0 heterocycles. The summed E-state index contributed by atoms with van der Waals surface area (Å²) in [6.07, 6.45) is -4.51. The quantitative estimate of drug-likeness (QED) is 0.547. The van der Waals surface area contributed by atoms with Gasteiger partial charge in [0.25, 0.3) is 0 Å². The number of halogens is 3. The summed E-state index contributed by atoms with van der Waals surface area (Å²) in [5, 5.41) is 4.41. The number of nitrogens with one attached hydrogen (secondary N) is 1. The molecule has 3 rings (SSSR count). The van der Waals surface area contributed by atoms with Crippen LogP contribution >= 0.6 is 7.60 Å². The van der Waals surface area contributed by atoms with Crippen LogP contribution in [-0.4, -0.2) is 9.79 Å². The maximum atomic E-state index is 12.7. The molecular formula is C18H15F3NO3P. The molecule has 0 saturated heterocycles. The Kier molecular flexibility index (Phi) is 4.80. The van der Waals surface area contributed by atoms with E-state index in [2.05, 4.69) is 5.32 Å². The van der Waals surface area contributed by atoms with Gasteiger partial charge in [-0.2, -0.15) is 13.2 Å². The highest BCUT2D eigenvalue weighted by Gasteiger charge is 2.33. The van der Waals surface area contributed by atoms with Crippen LogP contribution in [0.1, 0.15) is 16.9 Å². The number of hydrogen-bond acceptors (Lipinski definition) is 2. The van der Waals surface area contributed by atoms with E-state index in [-0.39, 0.29) is 5.56 Å². The van der Waals surface area contributed by atoms with Gasteiger partial charge >= 0.3 is 13.8 Å². The van der Waals surface area contributed by atoms with Gasteiger partial charge < -0.3 is 15.1 Å². The summed E-state index contributed by atoms with van der Waals surface area (Å²) in [7, 11) is -4.69. The predicted octanol–water partition coefficient (Wildman–Crippen LogP) is 5.15. The molecule has 3 aromatic carbocycles. The third kappa shape index (κ3) is 3.90. The lowest BCUT2D eigenvalue weighted by atomic mass is 10.1. The Morgan fingerprint density at radius 2 is 1.50 bits per heavy atom. The normalized spacial score (nSPS) is 13.6. The number of benzene rings is 3. The standard InChI is InChI=1S/C18H15F3NO3P/c19-18(20,21)14-10-8-13(9-11-14)17(26(23,24)25)22-16-7-3-5-12-4-1-2-6-15(12)16/h1-11,17,22H,(H2,23,24,25). The molecule has 1 atom stereocenters. The van der Waals surface area contributed by atoms with Crippen LogP contribution in [-0.2, 0) is 10.7 Å². The summed E-state index contributed by atoms with van der Waals surface area (Å²) in [6.45, 7) is 0. The fourth-order valence-electron chi connectivity index (χ4n) is 2.71. The molecule has 3 N–H and O–H groups in total. The van der Waals surface area contributed by atoms with Crippen molar-refractivity contribution in [2.75, 3.05) is 5.32 Å². The summed E-state index contributed by atoms with van der Waals surface area (Å²) < 4.78 is 50.1. The van der Waals surface area contributed by atoms with E-state index in [0.717, 1.165) is 35.0 Å². The van der Waals surface area contributed by atoms with Crippen molar-refractivity contribution in [3.63, 3.8) is 0 Å². The highest BCUT2D eigenvalue weighted by molar-refractivity contribution is 7.52. The summed E-state index contributed by atoms with van der Waals surface area (Å²) in [5.74, 6) is -1.46. The Balaban J connectivity index is 2.01. The van der Waals surface area contributed by atoms with Gasteiger partial charge in [-0.25, -0.2) is 0 Å². The van der Waals surface area contributed by atoms with Crippen LogP contribution < -0.4 is 5.32 Å². The number of alkyl halides is 3. The van der Waals surface area contributed by atoms with E-state index in [0.29, 0.717) is 5.69 Å². The molecule has 136 valence electrons. The molecule has 0 radical (unpaired) electrons. The number of anilines is 1. The second-order valence-electron chi connectivity index (χ2n) is 5.78. The zero-order valence-electron chi connectivity index (χ0n) is 13.3. The van der Waals surface area contributed by atoms with E-state index >= 15 is 0 Å². The third-order valence-electron chi connectivity index (χ3n) is 3.97. The van der Waals surface area contributed by atoms with E-state index in [4.69, 9.17) is 0 Å². The summed E-state index contributed by atoms with van der Waals surface area (Å²) in [5.41, 5.74) is -0.327. The van der Waals surface area contributed by atoms with Crippen LogP contribution in [0, 0.1) is 0 Å². The predicted molar refractivity (Wildman–Crippen MR) is 93.8 cm³/mol. The summed E-state index contributed by atoms with van der Waals surface area (Å²) in [4.78, 5) is 19.4. The molecule has 8 heteroatoms. The summed E-state index contributed by atoms with van der Waals surface area (Å²) in [6, 6.07) is 16.3. The van der Waals surface area contributed by atoms with E-state index in [1.54, 1.807) is 24.3 Å². The third-order valence-corrected chi connectivity index (χ3v) is 5.07. The molecule has 3 aromatic rings. The first-order valence-corrected chi connectivity index (χ1v) is 9.31. The molecule has 0 spiro atoms. The fraction of sp³-hybridized carbons (Fsp3) is 0.111. The Morgan fingerprint density at radius 3 is 2.12 bits per heavy atom. The minimum atomic E-state index is -4.69. The van der Waals surface area contributed by atoms with Crippen molar-refractivity contribution in [2.45, 2.75) is 12.0 Å². The van der Waals surface area contributed by atoms with Crippen LogP contribution in [0.15, 0.2) is 66.7 Å². The maximum Gasteiger partial charge on any atom is 0.416 e. The van der Waals surface area contributed by atoms with Gasteiger partial charge in [0.1, 0.15) is 0 Å². The molecule has 0 aliphatic heterocycles. The Bertz CT molecular complexity index is 962. The molecule has 0 aliphatic rings. The van der Waals surface area contributed by atoms with Gasteiger partial charge in [0.2, 0.25) is 0 Å². The lowest BCUT2D eigenvalue weighted by Crippen LogP contribution is -2.12. The first-order chi connectivity index (χ1) is 12.2. The van der Waals surface area contributed by atoms with E-state index in [1.807, 2.05) is 18.2 Å². The second kappa shape index (κ2) is 6.76. The molecule has 1 unspecified atom stereocenters. The Labute approximate surface area is 147 Å². The highest BCUT2D eigenvalue weighted by Crippen LogP contribution is 2.52. The molecular weight excluding hydrogens is 366 g/mol. The molecule has 0 aromatic heterocycles. The van der Waals surface area contributed by atoms with Crippen molar-refractivity contribution in [3.05, 3.63) is 77.9 Å². The number of rotatable bonds is 4. The Morgan fingerprint density at radius 1 is 0.885 bits per heavy atom. The van der Waals surface area contributed by atoms with Crippen molar-refractivity contribution >= 4 is 24.1 Å². The Hall–Kier alpha value is -2.34. The second-order valence-corrected chi connectivity index (χ2v) is 7.48. The number of hydrogen-bond donors (Lipinski definition) is 3. The number of fused-ring (bicyclic) bond motifs is 1. The molecule has 0 saturated carbocycles. The fourth-order valence-corrected chi connectivity index (χ4v) is 3.58. The van der Waals surface area contributed by atoms with Crippen LogP contribution in [0.5, 0.6) is 0 Å². The minimum absolute atomic E-state index is 0.0688. The summed E-state index contributed by atoms with van der Waals surface area (Å²) >= 11 is 0. The van der Waals surface area contributed by atoms with Gasteiger partial charge in [0, 0.05) is 11.1 Å². The minimum Gasteiger partial charge on any atom is -0.367 e. The molecule has 0 fully saturated rings. The van der Waals surface area contributed by atoms with Crippen LogP contribution in [0.4, 0.5) is 18.9 Å². The molecule has 4 nitrogen and oxygen atoms in total. The van der Waals surface area contributed by atoms with E-state index in [9.17, 15) is 27.5 Å². The molecule has 0 amide bonds. The first-order valence-electron chi connectivity index (χ1n) is 7.63. The van der Waals surface area contributed by atoms with Gasteiger partial charge in [-0.05, 0) is 29.1 Å². The van der Waals surface area contributed by atoms with Crippen LogP contribution in [0.2, 0.25) is 0 Å². The van der Waals surface area contributed by atoms with Gasteiger partial charge in [-0.1, -0.05) is 48.5 Å². The molecule has 0 bridgehead atoms. The van der Waals surface area contributed by atoms with Gasteiger partial charge in [0.05, 0.1) is 5.56 Å². The van der Waals surface area contributed by atoms with Gasteiger partial charge in [0.15, 0.2) is 5.78 Å². The average Bonchev–Trinajstić information content (AvgIpc) is 2.58. The smallest absolute Gasteiger partial charge is 0.367 e. The lowest BCUT2D eigenvalue weighted by Gasteiger charge is -2.23. The van der Waals surface area contributed by atoms with E-state index in [1.165, 1.54) is 0 Å². The maximum absolute atomic E-state index is 12.7. The van der Waals surface area contributed by atoms with Gasteiger partial charge in [-0.15, -0.1) is 0 Å². The van der Waals surface area contributed by atoms with Crippen LogP contribution in [0.3, 0.4) is 0 Å². The van der Waals surface area contributed by atoms with Crippen molar-refractivity contribution < 1.29 is 27.5 Å². The average molecular weight is 381 g/mol. The lowest BCUT2D eigenvalue weighted by molar-refractivity contribution is -0.137. The molecule has 26 heavy (non-hydrogen) atoms. The topological polar surface area (TPSA) is 69.6 Å². The van der Waals surface area contributed by atoms with Gasteiger partial charge in [-0.3, -0.25) is 4.57 Å². The molecule has 0 aliphatic carbocycles. The SMILES string of the molecule is O=P(O)(O)C(Nc1cccc2ccccc12)c1ccc(C(F)(F)F)cc1. The zero-order chi connectivity index (χ0) is 18.9. The van der Waals surface area contributed by atoms with Crippen molar-refractivity contribution in [2.24, 2.45) is 0 Å². The van der Waals surface area contributed by atoms with Crippen LogP contribution in [0.25, 0.3) is 10.8 Å². The first kappa shape index (κ1) is 18.5. The van der Waals surface area contributed by atoms with Crippen molar-refractivity contribution in [1.29, 1.82) is 0 Å².